The highest BCUT2D eigenvalue weighted by Crippen LogP contribution is 2.14. The van der Waals surface area contributed by atoms with Crippen molar-refractivity contribution in [1.29, 1.82) is 0 Å². The topological polar surface area (TPSA) is 169 Å². The molecule has 1 aromatic heterocycles. The van der Waals surface area contributed by atoms with E-state index < -0.39 is 24.3 Å². The Bertz CT molecular complexity index is 645. The summed E-state index contributed by atoms with van der Waals surface area (Å²) in [5.41, 5.74) is 0. The van der Waals surface area contributed by atoms with E-state index in [1.807, 2.05) is 6.92 Å². The van der Waals surface area contributed by atoms with Gasteiger partial charge in [0.25, 0.3) is 0 Å². The van der Waals surface area contributed by atoms with Crippen LogP contribution in [0.25, 0.3) is 0 Å². The summed E-state index contributed by atoms with van der Waals surface area (Å²) in [7, 11) is 0. The van der Waals surface area contributed by atoms with Crippen LogP contribution in [-0.4, -0.2) is 61.6 Å². The highest BCUT2D eigenvalue weighted by Gasteiger charge is 2.12. The Labute approximate surface area is 235 Å². The monoisotopic (exact) mass is 560 g/mol. The molecular weight excluding hydrogens is 504 g/mol. The Morgan fingerprint density at radius 2 is 0.974 bits per heavy atom. The lowest BCUT2D eigenvalue weighted by Crippen LogP contribution is -2.10. The molecule has 0 spiro atoms. The molecule has 0 aliphatic carbocycles. The zero-order chi connectivity index (χ0) is 29.7. The Morgan fingerprint density at radius 3 is 1.21 bits per heavy atom. The number of carbonyl (C=O) groups is 2. The summed E-state index contributed by atoms with van der Waals surface area (Å²) in [5, 5.41) is 50.7. The number of furan rings is 1. The van der Waals surface area contributed by atoms with E-state index in [9.17, 15) is 14.7 Å². The van der Waals surface area contributed by atoms with E-state index in [4.69, 9.17) is 25.5 Å². The normalized spacial score (nSPS) is 11.4. The zero-order valence-corrected chi connectivity index (χ0v) is 24.4. The Morgan fingerprint density at radius 1 is 0.615 bits per heavy atom. The third kappa shape index (κ3) is 28.9. The maximum Gasteiger partial charge on any atom is 0.371 e. The molecule has 1 unspecified atom stereocenters. The third-order valence-electron chi connectivity index (χ3n) is 6.18. The summed E-state index contributed by atoms with van der Waals surface area (Å²) in [4.78, 5) is 20.3. The van der Waals surface area contributed by atoms with Crippen LogP contribution in [0.1, 0.15) is 157 Å². The minimum Gasteiger partial charge on any atom is -0.475 e. The lowest BCUT2D eigenvalue weighted by atomic mass is 10.0. The van der Waals surface area contributed by atoms with Gasteiger partial charge in [0.1, 0.15) is 0 Å². The van der Waals surface area contributed by atoms with Gasteiger partial charge in [-0.05, 0) is 25.0 Å². The third-order valence-corrected chi connectivity index (χ3v) is 6.18. The zero-order valence-electron chi connectivity index (χ0n) is 24.4. The van der Waals surface area contributed by atoms with Gasteiger partial charge in [0.15, 0.2) is 6.29 Å². The van der Waals surface area contributed by atoms with Crippen molar-refractivity contribution in [2.24, 2.45) is 0 Å². The lowest BCUT2D eigenvalue weighted by molar-refractivity contribution is -0.0453. The van der Waals surface area contributed by atoms with Gasteiger partial charge in [0.2, 0.25) is 11.5 Å². The molecule has 0 aliphatic heterocycles. The van der Waals surface area contributed by atoms with Crippen LogP contribution in [0.5, 0.6) is 0 Å². The Hall–Kier alpha value is -1.94. The molecule has 0 bridgehead atoms. The summed E-state index contributed by atoms with van der Waals surface area (Å²) in [6.07, 6.45) is 22.4. The number of aliphatic hydroxyl groups is 4. The summed E-state index contributed by atoms with van der Waals surface area (Å²) in [5.74, 6) is -3.31. The predicted molar refractivity (Wildman–Crippen MR) is 153 cm³/mol. The van der Waals surface area contributed by atoms with Gasteiger partial charge < -0.3 is 35.1 Å². The average molecular weight is 561 g/mol. The average Bonchev–Trinajstić information content (AvgIpc) is 3.40. The van der Waals surface area contributed by atoms with Gasteiger partial charge in [0.05, 0.1) is 12.7 Å². The van der Waals surface area contributed by atoms with Gasteiger partial charge in [0, 0.05) is 0 Å². The van der Waals surface area contributed by atoms with Crippen molar-refractivity contribution in [2.75, 3.05) is 6.61 Å². The molecule has 9 heteroatoms. The highest BCUT2D eigenvalue weighted by atomic mass is 16.5. The largest absolute Gasteiger partial charge is 0.475 e. The SMILES string of the molecule is CCCC(O)O.CCCCCCCCCCCCCCCCCCC(O)CO.O=C(O)c1ccc(C(=O)O)o1. The smallest absolute Gasteiger partial charge is 0.371 e. The van der Waals surface area contributed by atoms with E-state index in [2.05, 4.69) is 11.3 Å². The Balaban J connectivity index is 0. The second-order valence-corrected chi connectivity index (χ2v) is 9.97. The molecule has 230 valence electrons. The van der Waals surface area contributed by atoms with Crippen LogP contribution in [-0.2, 0) is 0 Å². The molecule has 1 atom stereocenters. The van der Waals surface area contributed by atoms with Crippen LogP contribution in [0.15, 0.2) is 16.5 Å². The second-order valence-electron chi connectivity index (χ2n) is 9.97. The van der Waals surface area contributed by atoms with Gasteiger partial charge in [-0.3, -0.25) is 0 Å². The number of unbranched alkanes of at least 4 members (excludes halogenated alkanes) is 15. The molecule has 1 aromatic rings. The number of rotatable bonds is 22. The number of aromatic carboxylic acids is 2. The fourth-order valence-electron chi connectivity index (χ4n) is 3.85. The second kappa shape index (κ2) is 29.1. The van der Waals surface area contributed by atoms with Crippen LogP contribution >= 0.6 is 0 Å². The predicted octanol–water partition coefficient (Wildman–Crippen LogP) is 6.76. The molecule has 0 aromatic carbocycles. The van der Waals surface area contributed by atoms with Crippen molar-refractivity contribution in [3.8, 4) is 0 Å². The van der Waals surface area contributed by atoms with Crippen LogP contribution < -0.4 is 0 Å². The van der Waals surface area contributed by atoms with E-state index in [0.717, 1.165) is 31.4 Å². The summed E-state index contributed by atoms with van der Waals surface area (Å²) in [6, 6.07) is 2.18. The maximum absolute atomic E-state index is 10.2. The van der Waals surface area contributed by atoms with Crippen molar-refractivity contribution in [3.63, 3.8) is 0 Å². The summed E-state index contributed by atoms with van der Waals surface area (Å²) >= 11 is 0. The van der Waals surface area contributed by atoms with Crippen molar-refractivity contribution in [3.05, 3.63) is 23.7 Å². The molecule has 9 nitrogen and oxygen atoms in total. The number of hydrogen-bond donors (Lipinski definition) is 6. The molecule has 1 rings (SSSR count). The van der Waals surface area contributed by atoms with Crippen molar-refractivity contribution >= 4 is 11.9 Å². The molecule has 0 saturated carbocycles. The summed E-state index contributed by atoms with van der Waals surface area (Å²) in [6.45, 7) is 4.10. The first-order valence-corrected chi connectivity index (χ1v) is 14.9. The van der Waals surface area contributed by atoms with E-state index in [1.165, 1.54) is 96.3 Å². The number of hydrogen-bond acceptors (Lipinski definition) is 7. The van der Waals surface area contributed by atoms with Crippen molar-refractivity contribution < 1.29 is 44.6 Å². The maximum atomic E-state index is 10.2. The molecule has 0 saturated heterocycles. The van der Waals surface area contributed by atoms with E-state index in [1.54, 1.807) is 0 Å². The molecule has 0 aliphatic rings. The molecular formula is C30H56O9. The molecule has 6 N–H and O–H groups in total. The minimum absolute atomic E-state index is 0.0846. The quantitative estimate of drug-likeness (QED) is 0.0662. The Kier molecular flexibility index (Phi) is 29.2. The van der Waals surface area contributed by atoms with E-state index in [-0.39, 0.29) is 18.1 Å². The highest BCUT2D eigenvalue weighted by molar-refractivity contribution is 5.88. The van der Waals surface area contributed by atoms with Gasteiger partial charge in [-0.2, -0.15) is 0 Å². The summed E-state index contributed by atoms with van der Waals surface area (Å²) < 4.78 is 4.41. The van der Waals surface area contributed by atoms with E-state index >= 15 is 0 Å². The first kappa shape index (κ1) is 39.2. The molecule has 0 fully saturated rings. The fraction of sp³-hybridized carbons (Fsp3) is 0.800. The van der Waals surface area contributed by atoms with Crippen molar-refractivity contribution in [2.45, 2.75) is 148 Å². The van der Waals surface area contributed by atoms with E-state index in [0.29, 0.717) is 6.42 Å². The van der Waals surface area contributed by atoms with Crippen LogP contribution in [0.2, 0.25) is 0 Å². The van der Waals surface area contributed by atoms with Gasteiger partial charge in [-0.15, -0.1) is 0 Å². The van der Waals surface area contributed by atoms with Gasteiger partial charge >= 0.3 is 11.9 Å². The number of carboxylic acid groups (broad SMARTS) is 2. The minimum atomic E-state index is -1.28. The molecule has 39 heavy (non-hydrogen) atoms. The standard InChI is InChI=1S/C20H42O2.C6H4O5.C4H10O2/c1-2-3-4-5-6-7-8-9-10-11-12-13-14-15-16-17-18-20(22)19-21;7-5(8)3-1-2-4(11-3)6(9)10;1-2-3-4(5)6/h20-22H,2-19H2,1H3;1-2H,(H,7,8)(H,9,10);4-6H,2-3H2,1H3. The van der Waals surface area contributed by atoms with Crippen LogP contribution in [0.3, 0.4) is 0 Å². The fourth-order valence-corrected chi connectivity index (χ4v) is 3.85. The van der Waals surface area contributed by atoms with Gasteiger partial charge in [-0.25, -0.2) is 9.59 Å². The molecule has 0 radical (unpaired) electrons. The molecule has 1 heterocycles. The van der Waals surface area contributed by atoms with Gasteiger partial charge in [-0.1, -0.05) is 123 Å². The van der Waals surface area contributed by atoms with Crippen LogP contribution in [0.4, 0.5) is 0 Å². The first-order valence-electron chi connectivity index (χ1n) is 14.9. The number of carboxylic acids is 2. The van der Waals surface area contributed by atoms with Crippen molar-refractivity contribution in [1.82, 2.24) is 0 Å². The number of aliphatic hydroxyl groups excluding tert-OH is 3. The van der Waals surface area contributed by atoms with Crippen LogP contribution in [0, 0.1) is 0 Å². The first-order chi connectivity index (χ1) is 18.7. The molecule has 0 amide bonds. The lowest BCUT2D eigenvalue weighted by Gasteiger charge is -2.06.